The van der Waals surface area contributed by atoms with Gasteiger partial charge in [0.15, 0.2) is 39.6 Å². The second-order valence-corrected chi connectivity index (χ2v) is 18.2. The summed E-state index contributed by atoms with van der Waals surface area (Å²) in [5.41, 5.74) is 2.64. The molecule has 9 rings (SSSR count). The molecular weight excluding hydrogens is 1100 g/mol. The maximum absolute atomic E-state index is 12.2. The summed E-state index contributed by atoms with van der Waals surface area (Å²) in [6.07, 6.45) is 3.14. The number of aromatic nitrogens is 3. The van der Waals surface area contributed by atoms with Crippen LogP contribution in [0.15, 0.2) is 132 Å². The van der Waals surface area contributed by atoms with Crippen molar-refractivity contribution in [3.63, 3.8) is 0 Å². The van der Waals surface area contributed by atoms with Crippen LogP contribution in [0.3, 0.4) is 0 Å². The highest BCUT2D eigenvalue weighted by Gasteiger charge is 2.33. The Labute approximate surface area is 470 Å². The molecule has 428 valence electrons. The molecule has 1 unspecified atom stereocenters. The predicted octanol–water partition coefficient (Wildman–Crippen LogP) is 4.26. The molecule has 84 heavy (non-hydrogen) atoms. The smallest absolute Gasteiger partial charge is 0.341 e. The lowest BCUT2D eigenvalue weighted by atomic mass is 9.90. The lowest BCUT2D eigenvalue weighted by molar-refractivity contribution is -0.140. The summed E-state index contributed by atoms with van der Waals surface area (Å²) < 4.78 is 34.5. The van der Waals surface area contributed by atoms with E-state index < -0.39 is 93.3 Å². The fourth-order valence-electron chi connectivity index (χ4n) is 9.27. The van der Waals surface area contributed by atoms with Gasteiger partial charge in [-0.2, -0.15) is 0 Å². The number of nitrogens with one attached hydrogen (secondary N) is 3. The zero-order chi connectivity index (χ0) is 59.9. The van der Waals surface area contributed by atoms with Gasteiger partial charge in [0, 0.05) is 74.5 Å². The number of ether oxygens (including phenoxy) is 6. The number of aromatic amines is 3. The SMILES string of the molecule is O=C(O)COc1cc(OCC(=O)O)c(C2=c3ccc([nH]3)=C(c3ccc(C(=O)O)cc3)c3ccc([nH]3)C(c3c(OCC(=O)O)cc(OCC(=O)O)cc3OCC(=O)O)c3ccc([nH]3)C(c3ccc(C(=O)O)cc3)=C3C=CC2=N3)c(OCC(=O)O)c1. The highest BCUT2D eigenvalue weighted by Crippen LogP contribution is 2.47. The molecule has 26 heteroatoms. The molecule has 2 aliphatic heterocycles. The number of aliphatic imine (C=N–C) groups is 1. The number of allylic oxidation sites excluding steroid dienone is 2. The van der Waals surface area contributed by atoms with Gasteiger partial charge in [0.1, 0.15) is 34.5 Å². The Morgan fingerprint density at radius 1 is 0.405 bits per heavy atom. The van der Waals surface area contributed by atoms with E-state index in [0.29, 0.717) is 33.3 Å². The summed E-state index contributed by atoms with van der Waals surface area (Å²) in [6.45, 7) is -5.69. The molecule has 1 atom stereocenters. The molecule has 0 amide bonds. The number of carboxylic acid groups (broad SMARTS) is 8. The highest BCUT2D eigenvalue weighted by atomic mass is 16.5. The third kappa shape index (κ3) is 12.8. The lowest BCUT2D eigenvalue weighted by Gasteiger charge is -2.23. The van der Waals surface area contributed by atoms with Gasteiger partial charge in [0.2, 0.25) is 0 Å². The van der Waals surface area contributed by atoms with Crippen LogP contribution in [0.25, 0.3) is 16.7 Å². The minimum Gasteiger partial charge on any atom is -0.482 e. The van der Waals surface area contributed by atoms with Crippen molar-refractivity contribution in [2.75, 3.05) is 39.6 Å². The van der Waals surface area contributed by atoms with Crippen LogP contribution < -0.4 is 39.1 Å². The molecule has 26 nitrogen and oxygen atoms in total. The standard InChI is InChI=1S/C58H44N4O22/c63-45(64)21-79-31-17-41(81-23-47(67)68)55(42(18-31)82-24-48(69)70)53-37-13-9-33(59-37)51(27-1-5-29(6-2-27)57(75)76)34-10-14-38(60-34)54(56-43(83-25-49(71)72)19-32(80-22-46(65)66)20-44(56)84-26-50(73)74)40-16-12-36(62-40)52(35-11-15-39(53)61-35)28-3-7-30(8-4-28)58(77)78/h1-20,53,59-61H,21-26H2,(H,63,64)(H,65,66)(H,67,68)(H,69,70)(H,71,72)(H,73,74)(H,75,76)(H,77,78). The third-order valence-corrected chi connectivity index (χ3v) is 12.6. The average Bonchev–Trinajstić information content (AvgIpc) is 3.84. The second-order valence-electron chi connectivity index (χ2n) is 18.2. The van der Waals surface area contributed by atoms with E-state index in [1.807, 2.05) is 0 Å². The van der Waals surface area contributed by atoms with Gasteiger partial charge in [-0.3, -0.25) is 0 Å². The summed E-state index contributed by atoms with van der Waals surface area (Å²) in [5.74, 6) is -13.8. The van der Waals surface area contributed by atoms with Crippen LogP contribution in [0.5, 0.6) is 34.5 Å². The first kappa shape index (κ1) is 56.9. The first-order valence-corrected chi connectivity index (χ1v) is 24.7. The van der Waals surface area contributed by atoms with E-state index in [1.165, 1.54) is 72.8 Å². The third-order valence-electron chi connectivity index (χ3n) is 12.6. The molecule has 0 fully saturated rings. The molecule has 7 aromatic rings. The van der Waals surface area contributed by atoms with E-state index in [1.54, 1.807) is 48.6 Å². The topological polar surface area (TPSA) is 414 Å². The Morgan fingerprint density at radius 3 is 1.21 bits per heavy atom. The van der Waals surface area contributed by atoms with E-state index in [4.69, 9.17) is 33.4 Å². The fraction of sp³-hybridized carbons (Fsp3) is 0.121. The molecule has 0 saturated carbocycles. The normalized spacial score (nSPS) is 13.4. The molecular formula is C58H44N4O22. The Bertz CT molecular complexity index is 3990. The van der Waals surface area contributed by atoms with Gasteiger partial charge in [-0.25, -0.2) is 43.3 Å². The van der Waals surface area contributed by atoms with Crippen LogP contribution in [0, 0.1) is 0 Å². The molecule has 8 bridgehead atoms. The Morgan fingerprint density at radius 2 is 0.786 bits per heavy atom. The number of aromatic carboxylic acids is 2. The molecule has 2 aliphatic rings. The molecule has 11 N–H and O–H groups in total. The van der Waals surface area contributed by atoms with Gasteiger partial charge in [0.25, 0.3) is 0 Å². The first-order chi connectivity index (χ1) is 40.2. The predicted molar refractivity (Wildman–Crippen MR) is 288 cm³/mol. The largest absolute Gasteiger partial charge is 0.482 e. The zero-order valence-electron chi connectivity index (χ0n) is 43.1. The van der Waals surface area contributed by atoms with E-state index in [9.17, 15) is 79.2 Å². The second kappa shape index (κ2) is 24.3. The number of carboxylic acids is 8. The summed E-state index contributed by atoms with van der Waals surface area (Å²) >= 11 is 0. The van der Waals surface area contributed by atoms with Gasteiger partial charge in [-0.05, 0) is 83.9 Å². The number of hydrogen-bond donors (Lipinski definition) is 11. The Balaban J connectivity index is 1.44. The molecule has 0 saturated heterocycles. The van der Waals surface area contributed by atoms with Gasteiger partial charge in [-0.1, -0.05) is 24.3 Å². The first-order valence-electron chi connectivity index (χ1n) is 24.7. The highest BCUT2D eigenvalue weighted by molar-refractivity contribution is 6.31. The number of aliphatic carboxylic acids is 6. The van der Waals surface area contributed by atoms with Crippen LogP contribution >= 0.6 is 0 Å². The monoisotopic (exact) mass is 1150 g/mol. The average molecular weight is 1150 g/mol. The Kier molecular flexibility index (Phi) is 16.4. The number of nitrogens with zero attached hydrogens (tertiary/aromatic N) is 1. The zero-order valence-corrected chi connectivity index (χ0v) is 43.1. The summed E-state index contributed by atoms with van der Waals surface area (Å²) in [5, 5.41) is 78.9. The molecule has 3 aromatic heterocycles. The minimum absolute atomic E-state index is 0.000779. The summed E-state index contributed by atoms with van der Waals surface area (Å²) in [7, 11) is 0. The van der Waals surface area contributed by atoms with Crippen molar-refractivity contribution < 1.29 is 108 Å². The van der Waals surface area contributed by atoms with Crippen LogP contribution in [-0.2, 0) is 28.8 Å². The van der Waals surface area contributed by atoms with E-state index in [-0.39, 0.29) is 96.2 Å². The van der Waals surface area contributed by atoms with E-state index in [0.717, 1.165) is 0 Å². The maximum atomic E-state index is 12.2. The summed E-state index contributed by atoms with van der Waals surface area (Å²) in [4.78, 5) is 112. The van der Waals surface area contributed by atoms with Crippen LogP contribution in [0.4, 0.5) is 0 Å². The Hall–Kier alpha value is -11.8. The van der Waals surface area contributed by atoms with Crippen molar-refractivity contribution in [2.24, 2.45) is 4.99 Å². The minimum atomic E-state index is -1.45. The fourth-order valence-corrected chi connectivity index (χ4v) is 9.27. The molecule has 5 heterocycles. The number of hydrogen-bond acceptors (Lipinski definition) is 15. The number of H-pyrrole nitrogens is 3. The quantitative estimate of drug-likeness (QED) is 0.0402. The van der Waals surface area contributed by atoms with Crippen LogP contribution in [0.1, 0.15) is 71.7 Å². The molecule has 0 aliphatic carbocycles. The summed E-state index contributed by atoms with van der Waals surface area (Å²) in [6, 6.07) is 26.0. The number of fused-ring (bicyclic) bond motifs is 7. The number of benzene rings is 4. The number of rotatable bonds is 24. The van der Waals surface area contributed by atoms with Crippen LogP contribution in [0.2, 0.25) is 0 Å². The van der Waals surface area contributed by atoms with Crippen molar-refractivity contribution in [1.29, 1.82) is 0 Å². The van der Waals surface area contributed by atoms with Gasteiger partial charge >= 0.3 is 47.8 Å². The van der Waals surface area contributed by atoms with Gasteiger partial charge < -0.3 is 84.2 Å². The van der Waals surface area contributed by atoms with Crippen molar-refractivity contribution in [3.05, 3.63) is 194 Å². The van der Waals surface area contributed by atoms with E-state index in [2.05, 4.69) is 15.0 Å². The molecule has 4 aromatic carbocycles. The molecule has 0 spiro atoms. The maximum Gasteiger partial charge on any atom is 0.341 e. The van der Waals surface area contributed by atoms with Crippen LogP contribution in [-0.4, -0.2) is 149 Å². The van der Waals surface area contributed by atoms with Gasteiger partial charge in [-0.15, -0.1) is 0 Å². The van der Waals surface area contributed by atoms with Gasteiger partial charge in [0.05, 0.1) is 39.6 Å². The van der Waals surface area contributed by atoms with Crippen molar-refractivity contribution in [1.82, 2.24) is 15.0 Å². The van der Waals surface area contributed by atoms with Crippen molar-refractivity contribution in [2.45, 2.75) is 5.92 Å². The van der Waals surface area contributed by atoms with Crippen molar-refractivity contribution >= 4 is 70.2 Å². The number of carbonyl (C=O) groups is 8. The lowest BCUT2D eigenvalue weighted by Crippen LogP contribution is -2.22. The van der Waals surface area contributed by atoms with E-state index >= 15 is 0 Å². The molecule has 0 radical (unpaired) electrons. The van der Waals surface area contributed by atoms with Crippen molar-refractivity contribution in [3.8, 4) is 34.5 Å².